The molecule has 0 saturated heterocycles. The predicted octanol–water partition coefficient (Wildman–Crippen LogP) is 2.00. The number of amides is 1. The molecule has 0 saturated carbocycles. The predicted molar refractivity (Wildman–Crippen MR) is 82.9 cm³/mol. The number of fused-ring (bicyclic) bond motifs is 1. The lowest BCUT2D eigenvalue weighted by molar-refractivity contribution is -0.140. The van der Waals surface area contributed by atoms with Crippen molar-refractivity contribution < 1.29 is 23.8 Å². The number of ether oxygens (including phenoxy) is 1. The molecule has 2 rings (SSSR count). The second-order valence-corrected chi connectivity index (χ2v) is 5.06. The number of rotatable bonds is 7. The molecule has 0 spiro atoms. The van der Waals surface area contributed by atoms with Crippen molar-refractivity contribution in [1.82, 2.24) is 10.3 Å². The molecule has 23 heavy (non-hydrogen) atoms. The first-order valence-electron chi connectivity index (χ1n) is 6.93. The van der Waals surface area contributed by atoms with Crippen LogP contribution in [-0.4, -0.2) is 41.2 Å². The number of aromatic amines is 1. The molecule has 0 radical (unpaired) electrons. The number of hydrogen-bond donors (Lipinski definition) is 3. The minimum atomic E-state index is -1.21. The molecular weight excluding hydrogens is 303 g/mol. The van der Waals surface area contributed by atoms with E-state index in [9.17, 15) is 14.0 Å². The Morgan fingerprint density at radius 1 is 1.48 bits per heavy atom. The molecule has 0 aliphatic heterocycles. The number of carbonyl (C=O) groups excluding carboxylic acids is 1. The van der Waals surface area contributed by atoms with Crippen LogP contribution in [0.15, 0.2) is 30.9 Å². The van der Waals surface area contributed by atoms with Gasteiger partial charge in [0.2, 0.25) is 0 Å². The summed E-state index contributed by atoms with van der Waals surface area (Å²) in [5, 5.41) is 12.2. The Balaban J connectivity index is 2.17. The molecule has 0 fully saturated rings. The molecular formula is C16H17FN2O4. The fourth-order valence-corrected chi connectivity index (χ4v) is 2.18. The number of aryl methyl sites for hydroxylation is 1. The van der Waals surface area contributed by atoms with Crippen molar-refractivity contribution in [3.05, 3.63) is 47.9 Å². The van der Waals surface area contributed by atoms with E-state index < -0.39 is 23.7 Å². The lowest BCUT2D eigenvalue weighted by atomic mass is 10.1. The molecule has 0 bridgehead atoms. The van der Waals surface area contributed by atoms with Crippen molar-refractivity contribution in [3.63, 3.8) is 0 Å². The lowest BCUT2D eigenvalue weighted by Crippen LogP contribution is -2.44. The van der Waals surface area contributed by atoms with Gasteiger partial charge in [-0.3, -0.25) is 4.79 Å². The molecule has 1 aromatic heterocycles. The first kappa shape index (κ1) is 16.7. The maximum atomic E-state index is 13.4. The third kappa shape index (κ3) is 3.95. The highest BCUT2D eigenvalue weighted by Crippen LogP contribution is 2.21. The summed E-state index contributed by atoms with van der Waals surface area (Å²) in [6, 6.07) is 3.01. The average Bonchev–Trinajstić information content (AvgIpc) is 2.90. The number of hydrogen-bond acceptors (Lipinski definition) is 3. The van der Waals surface area contributed by atoms with Gasteiger partial charge in [0.1, 0.15) is 11.5 Å². The van der Waals surface area contributed by atoms with E-state index in [1.807, 2.05) is 0 Å². The van der Waals surface area contributed by atoms with Crippen molar-refractivity contribution in [2.24, 2.45) is 0 Å². The number of aliphatic carboxylic acids is 1. The van der Waals surface area contributed by atoms with Crippen molar-refractivity contribution in [3.8, 4) is 0 Å². The highest BCUT2D eigenvalue weighted by molar-refractivity contribution is 6.00. The molecule has 3 N–H and O–H groups in total. The number of carboxylic acids is 1. The van der Waals surface area contributed by atoms with Gasteiger partial charge < -0.3 is 20.1 Å². The van der Waals surface area contributed by atoms with Gasteiger partial charge in [0.25, 0.3) is 5.91 Å². The summed E-state index contributed by atoms with van der Waals surface area (Å²) in [5.74, 6) is -2.22. The Morgan fingerprint density at radius 3 is 2.87 bits per heavy atom. The Labute approximate surface area is 131 Å². The van der Waals surface area contributed by atoms with E-state index in [4.69, 9.17) is 9.84 Å². The lowest BCUT2D eigenvalue weighted by Gasteiger charge is -2.13. The average molecular weight is 320 g/mol. The summed E-state index contributed by atoms with van der Waals surface area (Å²) in [6.07, 6.45) is 1.48. The maximum Gasteiger partial charge on any atom is 0.328 e. The number of H-pyrrole nitrogens is 1. The molecule has 0 aliphatic rings. The van der Waals surface area contributed by atoms with E-state index in [1.54, 1.807) is 13.0 Å². The number of halogens is 1. The van der Waals surface area contributed by atoms with Crippen molar-refractivity contribution in [1.29, 1.82) is 0 Å². The largest absolute Gasteiger partial charge is 0.480 e. The smallest absolute Gasteiger partial charge is 0.328 e. The Kier molecular flexibility index (Phi) is 5.13. The Bertz CT molecular complexity index is 754. The van der Waals surface area contributed by atoms with Crippen molar-refractivity contribution in [2.45, 2.75) is 13.0 Å². The minimum Gasteiger partial charge on any atom is -0.480 e. The fraction of sp³-hybridized carbons (Fsp3) is 0.250. The van der Waals surface area contributed by atoms with Crippen molar-refractivity contribution in [2.75, 3.05) is 13.2 Å². The highest BCUT2D eigenvalue weighted by Gasteiger charge is 2.22. The third-order valence-electron chi connectivity index (χ3n) is 3.28. The molecule has 1 unspecified atom stereocenters. The van der Waals surface area contributed by atoms with Gasteiger partial charge in [0.05, 0.1) is 13.2 Å². The Morgan fingerprint density at radius 2 is 2.22 bits per heavy atom. The van der Waals surface area contributed by atoms with E-state index >= 15 is 0 Å². The second kappa shape index (κ2) is 7.06. The highest BCUT2D eigenvalue weighted by atomic mass is 19.1. The molecule has 6 nitrogen and oxygen atoms in total. The maximum absolute atomic E-state index is 13.4. The topological polar surface area (TPSA) is 91.4 Å². The van der Waals surface area contributed by atoms with Crippen LogP contribution in [0.3, 0.4) is 0 Å². The zero-order valence-corrected chi connectivity index (χ0v) is 12.6. The zero-order valence-electron chi connectivity index (χ0n) is 12.6. The van der Waals surface area contributed by atoms with Crippen LogP contribution in [0.1, 0.15) is 16.1 Å². The summed E-state index contributed by atoms with van der Waals surface area (Å²) in [5.41, 5.74) is 1.31. The number of carboxylic acid groups (broad SMARTS) is 1. The van der Waals surface area contributed by atoms with E-state index in [1.165, 1.54) is 18.2 Å². The van der Waals surface area contributed by atoms with Crippen LogP contribution in [0.25, 0.3) is 10.9 Å². The number of nitrogens with one attached hydrogen (secondary N) is 2. The molecule has 2 aromatic rings. The van der Waals surface area contributed by atoms with Gasteiger partial charge in [-0.05, 0) is 30.7 Å². The van der Waals surface area contributed by atoms with E-state index in [0.29, 0.717) is 16.5 Å². The SMILES string of the molecule is C=CCOCC(NC(=O)c1cc2c(C)cc(F)cc2[nH]1)C(=O)O. The normalized spacial score (nSPS) is 12.1. The number of aromatic nitrogens is 1. The van der Waals surface area contributed by atoms with E-state index in [2.05, 4.69) is 16.9 Å². The van der Waals surface area contributed by atoms with Crippen LogP contribution >= 0.6 is 0 Å². The molecule has 1 amide bonds. The standard InChI is InChI=1S/C16H17FN2O4/c1-3-4-23-8-14(16(21)22)19-15(20)13-7-11-9(2)5-10(17)6-12(11)18-13/h3,5-7,14,18H,1,4,8H2,2H3,(H,19,20)(H,21,22). The molecule has 122 valence electrons. The van der Waals surface area contributed by atoms with Crippen LogP contribution in [0.4, 0.5) is 4.39 Å². The van der Waals surface area contributed by atoms with Crippen LogP contribution in [0, 0.1) is 12.7 Å². The summed E-state index contributed by atoms with van der Waals surface area (Å²) in [4.78, 5) is 26.1. The minimum absolute atomic E-state index is 0.156. The van der Waals surface area contributed by atoms with E-state index in [0.717, 1.165) is 0 Å². The Hall–Kier alpha value is -2.67. The molecule has 1 aromatic carbocycles. The first-order valence-corrected chi connectivity index (χ1v) is 6.93. The van der Waals surface area contributed by atoms with Crippen LogP contribution in [0.2, 0.25) is 0 Å². The van der Waals surface area contributed by atoms with Crippen LogP contribution < -0.4 is 5.32 Å². The third-order valence-corrected chi connectivity index (χ3v) is 3.28. The first-order chi connectivity index (χ1) is 10.9. The summed E-state index contributed by atoms with van der Waals surface area (Å²) < 4.78 is 18.4. The fourth-order valence-electron chi connectivity index (χ4n) is 2.18. The van der Waals surface area contributed by atoms with Gasteiger partial charge in [0, 0.05) is 10.9 Å². The second-order valence-electron chi connectivity index (χ2n) is 5.06. The molecule has 1 heterocycles. The van der Waals surface area contributed by atoms with Gasteiger partial charge in [-0.15, -0.1) is 6.58 Å². The van der Waals surface area contributed by atoms with Crippen LogP contribution in [-0.2, 0) is 9.53 Å². The van der Waals surface area contributed by atoms with Gasteiger partial charge >= 0.3 is 5.97 Å². The summed E-state index contributed by atoms with van der Waals surface area (Å²) in [6.45, 7) is 5.19. The molecule has 7 heteroatoms. The zero-order chi connectivity index (χ0) is 17.0. The number of carbonyl (C=O) groups is 2. The van der Waals surface area contributed by atoms with Gasteiger partial charge in [-0.25, -0.2) is 9.18 Å². The van der Waals surface area contributed by atoms with Gasteiger partial charge in [-0.1, -0.05) is 6.08 Å². The van der Waals surface area contributed by atoms with Crippen LogP contribution in [0.5, 0.6) is 0 Å². The number of benzene rings is 1. The van der Waals surface area contributed by atoms with Gasteiger partial charge in [-0.2, -0.15) is 0 Å². The van der Waals surface area contributed by atoms with Crippen molar-refractivity contribution >= 4 is 22.8 Å². The van der Waals surface area contributed by atoms with E-state index in [-0.39, 0.29) is 18.9 Å². The summed E-state index contributed by atoms with van der Waals surface area (Å²) >= 11 is 0. The molecule has 1 atom stereocenters. The quantitative estimate of drug-likeness (QED) is 0.537. The summed E-state index contributed by atoms with van der Waals surface area (Å²) in [7, 11) is 0. The molecule has 0 aliphatic carbocycles. The monoisotopic (exact) mass is 320 g/mol. The van der Waals surface area contributed by atoms with Gasteiger partial charge in [0.15, 0.2) is 6.04 Å².